The molecule has 320 valence electrons. The first-order valence-corrected chi connectivity index (χ1v) is 19.2. The first-order valence-electron chi connectivity index (χ1n) is 19.2. The number of Topliss-reactive ketones (excluding diaryl/α,β-unsaturated/α-hetero) is 3. The molecular weight excluding hydrogens is 736 g/mol. The van der Waals surface area contributed by atoms with E-state index in [0.29, 0.717) is 25.9 Å². The van der Waals surface area contributed by atoms with E-state index in [0.717, 1.165) is 50.6 Å². The van der Waals surface area contributed by atoms with Crippen molar-refractivity contribution in [3.05, 3.63) is 23.6 Å². The van der Waals surface area contributed by atoms with Gasteiger partial charge in [0, 0.05) is 29.3 Å². The second-order valence-electron chi connectivity index (χ2n) is 17.6. The number of aromatic nitrogens is 4. The normalized spacial score (nSPS) is 22.0. The molecular formula is C40H66N8O9. The highest BCUT2D eigenvalue weighted by molar-refractivity contribution is 6.38. The quantitative estimate of drug-likeness (QED) is 0.293. The van der Waals surface area contributed by atoms with Crippen molar-refractivity contribution in [2.45, 2.75) is 153 Å². The third-order valence-electron chi connectivity index (χ3n) is 9.85. The number of likely N-dealkylation sites (tertiary alicyclic amines) is 2. The Morgan fingerprint density at radius 2 is 0.877 bits per heavy atom. The molecule has 17 heteroatoms. The predicted octanol–water partition coefficient (Wildman–Crippen LogP) is 5.50. The molecule has 4 atom stereocenters. The maximum atomic E-state index is 12.7. The Morgan fingerprint density at radius 1 is 0.544 bits per heavy atom. The molecule has 0 radical (unpaired) electrons. The molecule has 0 aliphatic carbocycles. The summed E-state index contributed by atoms with van der Waals surface area (Å²) in [6.07, 6.45) is 7.34. The maximum Gasteiger partial charge on any atom is 0.372 e. The highest BCUT2D eigenvalue weighted by atomic mass is 16.4. The zero-order chi connectivity index (χ0) is 40.9. The fraction of sp³-hybridized carbons (Fsp3) is 0.750. The van der Waals surface area contributed by atoms with Crippen molar-refractivity contribution < 1.29 is 42.7 Å². The number of carbonyl (C=O) groups excluding carboxylic acids is 5. The number of carboxylic acids is 1. The Hall–Kier alpha value is -4.38. The van der Waals surface area contributed by atoms with Crippen LogP contribution in [0.15, 0.2) is 8.83 Å². The Kier molecular flexibility index (Phi) is 17.0. The van der Waals surface area contributed by atoms with E-state index in [1.54, 1.807) is 62.3 Å². The minimum absolute atomic E-state index is 0. The number of ketones is 3. The van der Waals surface area contributed by atoms with E-state index < -0.39 is 63.5 Å². The van der Waals surface area contributed by atoms with E-state index in [1.807, 2.05) is 0 Å². The van der Waals surface area contributed by atoms with Crippen LogP contribution in [0.3, 0.4) is 0 Å². The Bertz CT molecular complexity index is 1600. The molecule has 4 aliphatic rings. The van der Waals surface area contributed by atoms with Gasteiger partial charge in [-0.1, -0.05) is 77.2 Å². The summed E-state index contributed by atoms with van der Waals surface area (Å²) in [5, 5.41) is 31.4. The number of amides is 2. The van der Waals surface area contributed by atoms with E-state index >= 15 is 0 Å². The number of nitrogens with one attached hydrogen (secondary N) is 2. The molecule has 3 N–H and O–H groups in total. The van der Waals surface area contributed by atoms with Crippen LogP contribution in [0.5, 0.6) is 0 Å². The number of nitrogens with zero attached hydrogens (tertiary/aromatic N) is 6. The van der Waals surface area contributed by atoms with Crippen molar-refractivity contribution in [1.29, 1.82) is 0 Å². The fourth-order valence-corrected chi connectivity index (χ4v) is 6.59. The zero-order valence-corrected chi connectivity index (χ0v) is 33.7. The Labute approximate surface area is 336 Å². The third-order valence-corrected chi connectivity index (χ3v) is 9.85. The van der Waals surface area contributed by atoms with Crippen LogP contribution in [0.4, 0.5) is 0 Å². The van der Waals surface area contributed by atoms with Crippen LogP contribution < -0.4 is 10.6 Å². The van der Waals surface area contributed by atoms with E-state index in [-0.39, 0.29) is 38.7 Å². The van der Waals surface area contributed by atoms with Crippen LogP contribution >= 0.6 is 0 Å². The summed E-state index contributed by atoms with van der Waals surface area (Å²) >= 11 is 0. The van der Waals surface area contributed by atoms with Gasteiger partial charge in [0.05, 0.1) is 12.1 Å². The topological polar surface area (TPSA) is 231 Å². The number of carbonyl (C=O) groups is 6. The van der Waals surface area contributed by atoms with Gasteiger partial charge >= 0.3 is 5.97 Å². The van der Waals surface area contributed by atoms with Crippen LogP contribution in [0.2, 0.25) is 0 Å². The fourth-order valence-electron chi connectivity index (χ4n) is 6.59. The zero-order valence-electron chi connectivity index (χ0n) is 33.7. The number of aliphatic carboxylic acids is 1. The van der Waals surface area contributed by atoms with Crippen molar-refractivity contribution in [2.24, 2.45) is 16.2 Å². The average molecular weight is 803 g/mol. The maximum absolute atomic E-state index is 12.7. The molecule has 0 bridgehead atoms. The van der Waals surface area contributed by atoms with Crippen LogP contribution in [-0.2, 0) is 28.8 Å². The van der Waals surface area contributed by atoms with Gasteiger partial charge in [0.25, 0.3) is 11.8 Å². The summed E-state index contributed by atoms with van der Waals surface area (Å²) in [4.78, 5) is 74.0. The molecule has 0 spiro atoms. The van der Waals surface area contributed by atoms with Gasteiger partial charge in [-0.25, -0.2) is 4.79 Å². The van der Waals surface area contributed by atoms with E-state index in [1.165, 1.54) is 22.6 Å². The molecule has 4 aliphatic heterocycles. The molecule has 2 amide bonds. The van der Waals surface area contributed by atoms with Crippen molar-refractivity contribution in [1.82, 2.24) is 40.8 Å². The van der Waals surface area contributed by atoms with Gasteiger partial charge in [0.2, 0.25) is 40.9 Å². The Morgan fingerprint density at radius 3 is 1.16 bits per heavy atom. The van der Waals surface area contributed by atoms with Crippen molar-refractivity contribution >= 4 is 35.1 Å². The van der Waals surface area contributed by atoms with Gasteiger partial charge < -0.3 is 34.4 Å². The first kappa shape index (κ1) is 48.8. The molecule has 2 unspecified atom stereocenters. The average Bonchev–Trinajstić information content (AvgIpc) is 3.95. The van der Waals surface area contributed by atoms with E-state index in [9.17, 15) is 28.8 Å². The second-order valence-corrected chi connectivity index (χ2v) is 17.6. The molecule has 2 aromatic rings. The van der Waals surface area contributed by atoms with Crippen LogP contribution in [0.1, 0.15) is 176 Å². The van der Waals surface area contributed by atoms with Gasteiger partial charge in [0.1, 0.15) is 12.1 Å². The molecule has 57 heavy (non-hydrogen) atoms. The van der Waals surface area contributed by atoms with Gasteiger partial charge in [-0.2, -0.15) is 0 Å². The molecule has 17 nitrogen and oxygen atoms in total. The van der Waals surface area contributed by atoms with Crippen LogP contribution in [0.25, 0.3) is 0 Å². The first-order chi connectivity index (χ1) is 25.6. The molecule has 4 saturated heterocycles. The summed E-state index contributed by atoms with van der Waals surface area (Å²) in [6, 6.07) is -0.344. The van der Waals surface area contributed by atoms with Gasteiger partial charge in [-0.15, -0.1) is 20.4 Å². The lowest BCUT2D eigenvalue weighted by molar-refractivity contribution is -0.152. The van der Waals surface area contributed by atoms with E-state index in [2.05, 4.69) is 31.0 Å². The highest BCUT2D eigenvalue weighted by Gasteiger charge is 2.43. The number of hydrogen-bond donors (Lipinski definition) is 3. The molecule has 2 aromatic heterocycles. The monoisotopic (exact) mass is 802 g/mol. The second kappa shape index (κ2) is 19.9. The third kappa shape index (κ3) is 12.3. The lowest BCUT2D eigenvalue weighted by Crippen LogP contribution is -2.41. The number of rotatable bonds is 7. The summed E-state index contributed by atoms with van der Waals surface area (Å²) in [5.41, 5.74) is -2.30. The van der Waals surface area contributed by atoms with Gasteiger partial charge in [-0.05, 0) is 64.5 Å². The lowest BCUT2D eigenvalue weighted by atomic mass is 9.90. The Balaban J connectivity index is 0.000000356. The van der Waals surface area contributed by atoms with E-state index in [4.69, 9.17) is 13.9 Å². The molecule has 0 aromatic carbocycles. The molecule has 4 fully saturated rings. The summed E-state index contributed by atoms with van der Waals surface area (Å²) < 4.78 is 11.6. The van der Waals surface area contributed by atoms with Crippen molar-refractivity contribution in [3.63, 3.8) is 0 Å². The lowest BCUT2D eigenvalue weighted by Gasteiger charge is -2.26. The SMILES string of the molecule is C.C.C1CNC(c2nnc([C@@H]3CCCN3)o2)C1.CC(C)(C)C(=O)C(=O)N1CCCC1c1nnc([C@@H]2CCCN2C(=O)C(=O)C(C)(C)C)o1.CC(C)(C)C(=O)C(=O)O. The minimum Gasteiger partial charge on any atom is -0.475 e. The van der Waals surface area contributed by atoms with Crippen molar-refractivity contribution in [2.75, 3.05) is 26.2 Å². The predicted molar refractivity (Wildman–Crippen MR) is 210 cm³/mol. The standard InChI is InChI=1S/C22H32N4O5.C10H16N4O.C6H10O3.2CH4/c1-21(2,3)15(27)19(29)25-11-7-9-13(25)17-23-24-18(31-17)14-10-8-12-26(14)20(30)16(28)22(4,5)6;1-3-7(11-5-1)9-13-14-10(15-9)8-4-2-6-12-8;1-6(2,3)4(7)5(8)9;;/h13-14H,7-12H2,1-6H3;7-8,11-12H,1-6H2;1-3H3,(H,8,9);2*1H4/t13-,14?;7-,8?;;;/m00.../s1. The van der Waals surface area contributed by atoms with Gasteiger partial charge in [-0.3, -0.25) is 24.0 Å². The van der Waals surface area contributed by atoms with Crippen molar-refractivity contribution in [3.8, 4) is 0 Å². The highest BCUT2D eigenvalue weighted by Crippen LogP contribution is 2.37. The number of carboxylic acid groups (broad SMARTS) is 1. The van der Waals surface area contributed by atoms with Gasteiger partial charge in [0.15, 0.2) is 0 Å². The minimum atomic E-state index is -1.36. The number of hydrogen-bond acceptors (Lipinski definition) is 14. The summed E-state index contributed by atoms with van der Waals surface area (Å²) in [7, 11) is 0. The van der Waals surface area contributed by atoms with Crippen LogP contribution in [-0.4, -0.2) is 96.6 Å². The summed E-state index contributed by atoms with van der Waals surface area (Å²) in [5.74, 6) is -2.03. The summed E-state index contributed by atoms with van der Waals surface area (Å²) in [6.45, 7) is 18.0. The molecule has 6 rings (SSSR count). The smallest absolute Gasteiger partial charge is 0.372 e. The molecule has 6 heterocycles. The largest absolute Gasteiger partial charge is 0.475 e. The van der Waals surface area contributed by atoms with Crippen LogP contribution in [0, 0.1) is 16.2 Å². The molecule has 0 saturated carbocycles.